The Kier molecular flexibility index (Phi) is 10.2. The smallest absolute Gasteiger partial charge is 0.193 e. The highest BCUT2D eigenvalue weighted by Crippen LogP contribution is 2.09. The van der Waals surface area contributed by atoms with Gasteiger partial charge in [-0.3, -0.25) is 4.99 Å². The van der Waals surface area contributed by atoms with Crippen molar-refractivity contribution < 1.29 is 4.39 Å². The van der Waals surface area contributed by atoms with Gasteiger partial charge in [0.1, 0.15) is 5.82 Å². The Balaban J connectivity index is 0.00000441. The lowest BCUT2D eigenvalue weighted by Gasteiger charge is -2.22. The Labute approximate surface area is 148 Å². The van der Waals surface area contributed by atoms with Crippen LogP contribution in [0.2, 0.25) is 0 Å². The maximum atomic E-state index is 13.8. The fourth-order valence-corrected chi connectivity index (χ4v) is 1.90. The highest BCUT2D eigenvalue weighted by Gasteiger charge is 2.08. The normalized spacial score (nSPS) is 10.4. The first-order chi connectivity index (χ1) is 10.1. The van der Waals surface area contributed by atoms with Gasteiger partial charge in [0.15, 0.2) is 5.96 Å². The molecule has 0 aliphatic rings. The van der Waals surface area contributed by atoms with Crippen molar-refractivity contribution in [1.82, 2.24) is 10.2 Å². The van der Waals surface area contributed by atoms with Crippen molar-refractivity contribution >= 4 is 29.9 Å². The summed E-state index contributed by atoms with van der Waals surface area (Å²) < 4.78 is 13.8. The molecule has 6 heteroatoms. The third-order valence-corrected chi connectivity index (χ3v) is 3.09. The van der Waals surface area contributed by atoms with Crippen LogP contribution in [-0.4, -0.2) is 31.5 Å². The molecule has 0 fully saturated rings. The Morgan fingerprint density at radius 2 is 2.27 bits per heavy atom. The first kappa shape index (κ1) is 20.4. The molecule has 0 aromatic heterocycles. The van der Waals surface area contributed by atoms with Crippen molar-refractivity contribution in [2.45, 2.75) is 19.4 Å². The van der Waals surface area contributed by atoms with E-state index < -0.39 is 0 Å². The van der Waals surface area contributed by atoms with E-state index in [9.17, 15) is 4.39 Å². The van der Waals surface area contributed by atoms with Crippen LogP contribution in [0.4, 0.5) is 4.39 Å². The second kappa shape index (κ2) is 11.0. The van der Waals surface area contributed by atoms with Crippen LogP contribution in [0, 0.1) is 17.1 Å². The van der Waals surface area contributed by atoms with E-state index in [1.165, 1.54) is 6.07 Å². The fourth-order valence-electron chi connectivity index (χ4n) is 1.90. The summed E-state index contributed by atoms with van der Waals surface area (Å²) in [6.45, 7) is 4.87. The molecule has 0 heterocycles. The zero-order valence-electron chi connectivity index (χ0n) is 13.0. The zero-order valence-corrected chi connectivity index (χ0v) is 15.3. The van der Waals surface area contributed by atoms with E-state index in [-0.39, 0.29) is 29.8 Å². The molecule has 0 unspecified atom stereocenters. The molecule has 22 heavy (non-hydrogen) atoms. The van der Waals surface area contributed by atoms with Gasteiger partial charge < -0.3 is 10.2 Å². The van der Waals surface area contributed by atoms with Gasteiger partial charge in [-0.2, -0.15) is 5.26 Å². The van der Waals surface area contributed by atoms with Crippen LogP contribution in [0.15, 0.2) is 35.8 Å². The number of halogens is 2. The predicted octanol–water partition coefficient (Wildman–Crippen LogP) is 3.29. The molecule has 0 amide bonds. The molecular weight excluding hydrogens is 394 g/mol. The molecule has 120 valence electrons. The number of hydrogen-bond acceptors (Lipinski definition) is 2. The summed E-state index contributed by atoms with van der Waals surface area (Å²) in [5, 5.41) is 11.8. The lowest BCUT2D eigenvalue weighted by molar-refractivity contribution is 0.468. The average molecular weight is 416 g/mol. The number of guanidine groups is 1. The summed E-state index contributed by atoms with van der Waals surface area (Å²) >= 11 is 0. The third kappa shape index (κ3) is 6.43. The van der Waals surface area contributed by atoms with Crippen LogP contribution >= 0.6 is 24.0 Å². The van der Waals surface area contributed by atoms with Crippen molar-refractivity contribution in [2.75, 3.05) is 20.6 Å². The van der Waals surface area contributed by atoms with Gasteiger partial charge in [-0.15, -0.1) is 30.6 Å². The number of rotatable bonds is 6. The standard InChI is InChI=1S/C16H21FN4.HI/c1-4-5-6-9-21(3)16(19-2)20-12-14-8-7-13(11-18)10-15(14)17;/h4,7-8,10H,1,5-6,9,12H2,2-3H3,(H,19,20);1H. The van der Waals surface area contributed by atoms with E-state index in [0.717, 1.165) is 19.4 Å². The minimum atomic E-state index is -0.383. The Bertz CT molecular complexity index is 552. The number of hydrogen-bond donors (Lipinski definition) is 1. The van der Waals surface area contributed by atoms with Crippen molar-refractivity contribution in [3.8, 4) is 6.07 Å². The molecule has 0 spiro atoms. The number of aliphatic imine (C=N–C) groups is 1. The summed E-state index contributed by atoms with van der Waals surface area (Å²) in [6.07, 6.45) is 3.83. The van der Waals surface area contributed by atoms with Crippen LogP contribution in [0.1, 0.15) is 24.0 Å². The number of unbranched alkanes of at least 4 members (excludes halogenated alkanes) is 1. The lowest BCUT2D eigenvalue weighted by atomic mass is 10.1. The topological polar surface area (TPSA) is 51.4 Å². The van der Waals surface area contributed by atoms with E-state index in [0.29, 0.717) is 23.6 Å². The molecule has 0 radical (unpaired) electrons. The molecule has 0 saturated carbocycles. The molecule has 4 nitrogen and oxygen atoms in total. The Hall–Kier alpha value is -1.62. The van der Waals surface area contributed by atoms with Crippen LogP contribution in [-0.2, 0) is 6.54 Å². The summed E-state index contributed by atoms with van der Waals surface area (Å²) in [5.41, 5.74) is 0.830. The minimum Gasteiger partial charge on any atom is -0.352 e. The molecule has 0 atom stereocenters. The highest BCUT2D eigenvalue weighted by molar-refractivity contribution is 14.0. The molecule has 0 aliphatic heterocycles. The predicted molar refractivity (Wildman–Crippen MR) is 98.8 cm³/mol. The molecule has 0 bridgehead atoms. The Morgan fingerprint density at radius 3 is 2.82 bits per heavy atom. The summed E-state index contributed by atoms with van der Waals surface area (Å²) in [7, 11) is 3.63. The fraction of sp³-hybridized carbons (Fsp3) is 0.375. The SMILES string of the molecule is C=CCCCN(C)C(=NC)NCc1ccc(C#N)cc1F.I. The lowest BCUT2D eigenvalue weighted by Crippen LogP contribution is -2.39. The van der Waals surface area contributed by atoms with Gasteiger partial charge in [0, 0.05) is 32.7 Å². The van der Waals surface area contributed by atoms with Gasteiger partial charge in [-0.1, -0.05) is 12.1 Å². The first-order valence-electron chi connectivity index (χ1n) is 6.83. The van der Waals surface area contributed by atoms with Gasteiger partial charge in [-0.25, -0.2) is 4.39 Å². The molecule has 1 aromatic rings. The number of nitrogens with one attached hydrogen (secondary N) is 1. The van der Waals surface area contributed by atoms with E-state index in [4.69, 9.17) is 5.26 Å². The molecule has 0 aliphatic carbocycles. The van der Waals surface area contributed by atoms with Crippen LogP contribution in [0.5, 0.6) is 0 Å². The second-order valence-electron chi connectivity index (χ2n) is 4.67. The summed E-state index contributed by atoms with van der Waals surface area (Å²) in [6, 6.07) is 6.39. The quantitative estimate of drug-likeness (QED) is 0.255. The van der Waals surface area contributed by atoms with Crippen LogP contribution in [0.3, 0.4) is 0 Å². The maximum absolute atomic E-state index is 13.8. The number of nitriles is 1. The monoisotopic (exact) mass is 416 g/mol. The van der Waals surface area contributed by atoms with Gasteiger partial charge in [0.05, 0.1) is 11.6 Å². The summed E-state index contributed by atoms with van der Waals surface area (Å²) in [4.78, 5) is 6.17. The van der Waals surface area contributed by atoms with E-state index in [1.807, 2.05) is 24.1 Å². The van der Waals surface area contributed by atoms with E-state index >= 15 is 0 Å². The second-order valence-corrected chi connectivity index (χ2v) is 4.67. The van der Waals surface area contributed by atoms with Crippen molar-refractivity contribution in [3.05, 3.63) is 47.8 Å². The molecule has 1 aromatic carbocycles. The van der Waals surface area contributed by atoms with Gasteiger partial charge >= 0.3 is 0 Å². The van der Waals surface area contributed by atoms with Gasteiger partial charge in [-0.05, 0) is 25.0 Å². The number of allylic oxidation sites excluding steroid dienone is 1. The first-order valence-corrected chi connectivity index (χ1v) is 6.83. The molecule has 1 N–H and O–H groups in total. The van der Waals surface area contributed by atoms with Crippen molar-refractivity contribution in [1.29, 1.82) is 5.26 Å². The Morgan fingerprint density at radius 1 is 1.55 bits per heavy atom. The summed E-state index contributed by atoms with van der Waals surface area (Å²) in [5.74, 6) is 0.328. The number of nitrogens with zero attached hydrogens (tertiary/aromatic N) is 3. The van der Waals surface area contributed by atoms with Crippen LogP contribution < -0.4 is 5.32 Å². The van der Waals surface area contributed by atoms with E-state index in [2.05, 4.69) is 16.9 Å². The van der Waals surface area contributed by atoms with E-state index in [1.54, 1.807) is 19.2 Å². The average Bonchev–Trinajstić information content (AvgIpc) is 2.49. The van der Waals surface area contributed by atoms with Gasteiger partial charge in [0.2, 0.25) is 0 Å². The highest BCUT2D eigenvalue weighted by atomic mass is 127. The minimum absolute atomic E-state index is 0. The third-order valence-electron chi connectivity index (χ3n) is 3.09. The molecule has 0 saturated heterocycles. The van der Waals surface area contributed by atoms with Crippen molar-refractivity contribution in [2.24, 2.45) is 4.99 Å². The zero-order chi connectivity index (χ0) is 15.7. The van der Waals surface area contributed by atoms with Crippen LogP contribution in [0.25, 0.3) is 0 Å². The maximum Gasteiger partial charge on any atom is 0.193 e. The largest absolute Gasteiger partial charge is 0.352 e. The molecule has 1 rings (SSSR count). The van der Waals surface area contributed by atoms with Crippen molar-refractivity contribution in [3.63, 3.8) is 0 Å². The molecular formula is C16H22FIN4. The van der Waals surface area contributed by atoms with Gasteiger partial charge in [0.25, 0.3) is 0 Å². The number of benzene rings is 1.